The van der Waals surface area contributed by atoms with Crippen molar-refractivity contribution in [1.29, 1.82) is 0 Å². The van der Waals surface area contributed by atoms with E-state index in [9.17, 15) is 14.7 Å². The molecule has 1 amide bonds. The van der Waals surface area contributed by atoms with Crippen LogP contribution in [0.3, 0.4) is 0 Å². The Labute approximate surface area is 221 Å². The van der Waals surface area contributed by atoms with E-state index >= 15 is 0 Å². The fraction of sp³-hybridized carbons (Fsp3) is 0.429. The molecule has 3 aromatic rings. The zero-order chi connectivity index (χ0) is 27.2. The molecule has 1 fully saturated rings. The molecule has 0 aliphatic carbocycles. The van der Waals surface area contributed by atoms with Crippen LogP contribution in [0.2, 0.25) is 0 Å². The van der Waals surface area contributed by atoms with E-state index in [1.54, 1.807) is 38.3 Å². The van der Waals surface area contributed by atoms with Crippen molar-refractivity contribution in [2.45, 2.75) is 19.8 Å². The van der Waals surface area contributed by atoms with Crippen molar-refractivity contribution >= 4 is 16.9 Å². The number of ether oxygens (including phenoxy) is 4. The van der Waals surface area contributed by atoms with Gasteiger partial charge in [0, 0.05) is 50.8 Å². The number of phenols is 1. The average Bonchev–Trinajstić information content (AvgIpc) is 2.92. The lowest BCUT2D eigenvalue weighted by molar-refractivity contribution is -0.130. The maximum atomic E-state index is 13.0. The van der Waals surface area contributed by atoms with Gasteiger partial charge in [-0.2, -0.15) is 0 Å². The maximum Gasteiger partial charge on any atom is 0.219 e. The Morgan fingerprint density at radius 2 is 1.68 bits per heavy atom. The number of piperazine rings is 1. The van der Waals surface area contributed by atoms with Crippen molar-refractivity contribution in [2.75, 3.05) is 60.7 Å². The number of hydrogen-bond donors (Lipinski definition) is 1. The molecular weight excluding hydrogens is 492 g/mol. The van der Waals surface area contributed by atoms with E-state index in [0.717, 1.165) is 45.6 Å². The predicted molar refractivity (Wildman–Crippen MR) is 143 cm³/mol. The molecule has 2 aromatic carbocycles. The SMILES string of the molecule is COc1ccc(-c2cc(=O)c3c(O)c(OC)c(OCCCCN4CCN(C(C)=O)CC4)cc3o2)cc1OC. The highest BCUT2D eigenvalue weighted by atomic mass is 16.5. The largest absolute Gasteiger partial charge is 0.504 e. The molecule has 1 aliphatic rings. The van der Waals surface area contributed by atoms with E-state index in [0.29, 0.717) is 35.2 Å². The summed E-state index contributed by atoms with van der Waals surface area (Å²) in [5.41, 5.74) is 0.380. The third-order valence-electron chi connectivity index (χ3n) is 6.73. The number of fused-ring (bicyclic) bond motifs is 1. The molecule has 0 radical (unpaired) electrons. The van der Waals surface area contributed by atoms with Gasteiger partial charge in [-0.25, -0.2) is 0 Å². The molecule has 10 nitrogen and oxygen atoms in total. The third-order valence-corrected chi connectivity index (χ3v) is 6.73. The van der Waals surface area contributed by atoms with Crippen LogP contribution in [0.5, 0.6) is 28.7 Å². The summed E-state index contributed by atoms with van der Waals surface area (Å²) < 4.78 is 28.0. The van der Waals surface area contributed by atoms with Gasteiger partial charge in [-0.3, -0.25) is 14.5 Å². The minimum absolute atomic E-state index is 0.0168. The second-order valence-electron chi connectivity index (χ2n) is 9.08. The second-order valence-corrected chi connectivity index (χ2v) is 9.08. The summed E-state index contributed by atoms with van der Waals surface area (Å²) in [5.74, 6) is 1.53. The molecule has 38 heavy (non-hydrogen) atoms. The zero-order valence-electron chi connectivity index (χ0n) is 22.2. The van der Waals surface area contributed by atoms with Crippen LogP contribution >= 0.6 is 0 Å². The lowest BCUT2D eigenvalue weighted by atomic mass is 10.1. The van der Waals surface area contributed by atoms with Crippen molar-refractivity contribution in [3.05, 3.63) is 40.6 Å². The van der Waals surface area contributed by atoms with E-state index in [2.05, 4.69) is 4.90 Å². The summed E-state index contributed by atoms with van der Waals surface area (Å²) in [6.45, 7) is 6.18. The van der Waals surface area contributed by atoms with Crippen LogP contribution in [0.15, 0.2) is 39.5 Å². The molecule has 1 aromatic heterocycles. The summed E-state index contributed by atoms with van der Waals surface area (Å²) in [6.07, 6.45) is 1.70. The Morgan fingerprint density at radius 1 is 0.947 bits per heavy atom. The number of hydrogen-bond acceptors (Lipinski definition) is 9. The number of aromatic hydroxyl groups is 1. The number of phenolic OH excluding ortho intramolecular Hbond substituents is 1. The Bertz CT molecular complexity index is 1340. The fourth-order valence-corrected chi connectivity index (χ4v) is 4.60. The monoisotopic (exact) mass is 526 g/mol. The third kappa shape index (κ3) is 5.80. The minimum Gasteiger partial charge on any atom is -0.504 e. The number of carbonyl (C=O) groups excluding carboxylic acids is 1. The minimum atomic E-state index is -0.414. The molecular formula is C28H34N2O8. The molecule has 2 heterocycles. The van der Waals surface area contributed by atoms with E-state index in [4.69, 9.17) is 23.4 Å². The first-order chi connectivity index (χ1) is 18.4. The lowest BCUT2D eigenvalue weighted by Gasteiger charge is -2.34. The van der Waals surface area contributed by atoms with Gasteiger partial charge in [-0.1, -0.05) is 0 Å². The van der Waals surface area contributed by atoms with E-state index in [-0.39, 0.29) is 28.4 Å². The lowest BCUT2D eigenvalue weighted by Crippen LogP contribution is -2.48. The van der Waals surface area contributed by atoms with Crippen molar-refractivity contribution in [3.8, 4) is 40.1 Å². The van der Waals surface area contributed by atoms with Gasteiger partial charge in [0.2, 0.25) is 11.7 Å². The van der Waals surface area contributed by atoms with E-state index < -0.39 is 5.43 Å². The van der Waals surface area contributed by atoms with Gasteiger partial charge in [0.25, 0.3) is 0 Å². The molecule has 0 saturated carbocycles. The van der Waals surface area contributed by atoms with Crippen LogP contribution < -0.4 is 24.4 Å². The molecule has 0 unspecified atom stereocenters. The summed E-state index contributed by atoms with van der Waals surface area (Å²) in [6, 6.07) is 8.08. The molecule has 1 saturated heterocycles. The highest BCUT2D eigenvalue weighted by Gasteiger charge is 2.21. The first-order valence-electron chi connectivity index (χ1n) is 12.6. The number of methoxy groups -OCH3 is 3. The van der Waals surface area contributed by atoms with Gasteiger partial charge in [0.1, 0.15) is 16.7 Å². The summed E-state index contributed by atoms with van der Waals surface area (Å²) in [5, 5.41) is 10.8. The molecule has 10 heteroatoms. The van der Waals surface area contributed by atoms with Gasteiger partial charge in [-0.15, -0.1) is 0 Å². The number of rotatable bonds is 10. The van der Waals surface area contributed by atoms with Gasteiger partial charge in [0.05, 0.1) is 27.9 Å². The van der Waals surface area contributed by atoms with Crippen LogP contribution in [0.4, 0.5) is 0 Å². The molecule has 1 aliphatic heterocycles. The number of unbranched alkanes of at least 4 members (excludes halogenated alkanes) is 1. The van der Waals surface area contributed by atoms with Crippen molar-refractivity contribution < 1.29 is 33.3 Å². The standard InChI is InChI=1S/C28H34N2O8/c1-18(31)30-12-10-29(11-13-30)9-5-6-14-37-25-17-24-26(27(33)28(25)36-4)20(32)16-22(38-24)19-7-8-21(34-2)23(15-19)35-3/h7-8,15-17,33H,5-6,9-14H2,1-4H3. The highest BCUT2D eigenvalue weighted by Crippen LogP contribution is 2.42. The number of amides is 1. The van der Waals surface area contributed by atoms with Gasteiger partial charge in [-0.05, 0) is 37.6 Å². The predicted octanol–water partition coefficient (Wildman–Crippen LogP) is 3.51. The van der Waals surface area contributed by atoms with Gasteiger partial charge < -0.3 is 33.4 Å². The summed E-state index contributed by atoms with van der Waals surface area (Å²) in [7, 11) is 4.48. The normalized spacial score (nSPS) is 13.9. The second kappa shape index (κ2) is 12.1. The summed E-state index contributed by atoms with van der Waals surface area (Å²) >= 11 is 0. The summed E-state index contributed by atoms with van der Waals surface area (Å²) in [4.78, 5) is 28.7. The quantitative estimate of drug-likeness (QED) is 0.397. The van der Waals surface area contributed by atoms with E-state index in [1.807, 2.05) is 4.90 Å². The highest BCUT2D eigenvalue weighted by molar-refractivity contribution is 5.89. The molecule has 0 bridgehead atoms. The molecule has 204 valence electrons. The van der Waals surface area contributed by atoms with Gasteiger partial charge >= 0.3 is 0 Å². The molecule has 1 N–H and O–H groups in total. The van der Waals surface area contributed by atoms with E-state index in [1.165, 1.54) is 20.3 Å². The maximum absolute atomic E-state index is 13.0. The number of nitrogens with zero attached hydrogens (tertiary/aromatic N) is 2. The first-order valence-corrected chi connectivity index (χ1v) is 12.6. The van der Waals surface area contributed by atoms with Crippen molar-refractivity contribution in [2.24, 2.45) is 0 Å². The fourth-order valence-electron chi connectivity index (χ4n) is 4.60. The average molecular weight is 527 g/mol. The van der Waals surface area contributed by atoms with Crippen LogP contribution in [0.1, 0.15) is 19.8 Å². The van der Waals surface area contributed by atoms with Gasteiger partial charge in [0.15, 0.2) is 28.4 Å². The Hall–Kier alpha value is -3.92. The number of carbonyl (C=O) groups is 1. The molecule has 4 rings (SSSR count). The van der Waals surface area contributed by atoms with Crippen molar-refractivity contribution in [1.82, 2.24) is 9.80 Å². The molecule has 0 atom stereocenters. The Kier molecular flexibility index (Phi) is 8.62. The molecule has 0 spiro atoms. The van der Waals surface area contributed by atoms with Crippen LogP contribution in [-0.4, -0.2) is 81.5 Å². The Balaban J connectivity index is 1.48. The zero-order valence-corrected chi connectivity index (χ0v) is 22.2. The first kappa shape index (κ1) is 27.1. The smallest absolute Gasteiger partial charge is 0.219 e. The van der Waals surface area contributed by atoms with Crippen molar-refractivity contribution in [3.63, 3.8) is 0 Å². The Morgan fingerprint density at radius 3 is 2.34 bits per heavy atom. The van der Waals surface area contributed by atoms with Crippen LogP contribution in [0.25, 0.3) is 22.3 Å². The topological polar surface area (TPSA) is 111 Å². The van der Waals surface area contributed by atoms with Crippen LogP contribution in [-0.2, 0) is 4.79 Å². The van der Waals surface area contributed by atoms with Crippen LogP contribution in [0, 0.1) is 0 Å². The number of benzene rings is 2.